The lowest BCUT2D eigenvalue weighted by molar-refractivity contribution is -0.149. The third-order valence-corrected chi connectivity index (χ3v) is 2.53. The van der Waals surface area contributed by atoms with Crippen LogP contribution in [0, 0.1) is 6.92 Å². The number of carbonyl (C=O) groups is 2. The van der Waals surface area contributed by atoms with Gasteiger partial charge in [0.05, 0.1) is 26.3 Å². The van der Waals surface area contributed by atoms with Crippen molar-refractivity contribution in [3.63, 3.8) is 0 Å². The number of carbonyl (C=O) groups excluding carboxylic acids is 2. The number of methoxy groups -OCH3 is 2. The Morgan fingerprint density at radius 3 is 2.63 bits per heavy atom. The number of benzene rings is 1. The van der Waals surface area contributed by atoms with Gasteiger partial charge in [0.15, 0.2) is 6.10 Å². The van der Waals surface area contributed by atoms with Crippen molar-refractivity contribution in [2.75, 3.05) is 20.8 Å². The molecule has 1 rings (SSSR count). The van der Waals surface area contributed by atoms with Gasteiger partial charge in [-0.1, -0.05) is 11.6 Å². The van der Waals surface area contributed by atoms with Crippen molar-refractivity contribution in [3.05, 3.63) is 29.3 Å². The van der Waals surface area contributed by atoms with Crippen LogP contribution in [0.4, 0.5) is 0 Å². The molecule has 0 aromatic heterocycles. The third-order valence-electron chi connectivity index (χ3n) is 2.53. The van der Waals surface area contributed by atoms with Gasteiger partial charge in [0, 0.05) is 0 Å². The van der Waals surface area contributed by atoms with Crippen molar-refractivity contribution >= 4 is 11.9 Å². The first-order valence-corrected chi connectivity index (χ1v) is 5.68. The van der Waals surface area contributed by atoms with Gasteiger partial charge < -0.3 is 19.9 Å². The number of nitrogens with one attached hydrogen (secondary N) is 1. The number of hydrogen-bond acceptors (Lipinski definition) is 5. The molecule has 1 aromatic carbocycles. The first-order chi connectivity index (χ1) is 8.99. The quantitative estimate of drug-likeness (QED) is 0.748. The number of rotatable bonds is 5. The largest absolute Gasteiger partial charge is 0.496 e. The van der Waals surface area contributed by atoms with Gasteiger partial charge in [-0.15, -0.1) is 0 Å². The van der Waals surface area contributed by atoms with Crippen LogP contribution in [0.15, 0.2) is 18.2 Å². The molecule has 0 heterocycles. The van der Waals surface area contributed by atoms with E-state index in [-0.39, 0.29) is 6.54 Å². The maximum Gasteiger partial charge on any atom is 0.336 e. The van der Waals surface area contributed by atoms with Crippen molar-refractivity contribution < 1.29 is 24.2 Å². The Hall–Kier alpha value is -2.08. The molecule has 0 spiro atoms. The van der Waals surface area contributed by atoms with Gasteiger partial charge in [0.1, 0.15) is 5.75 Å². The summed E-state index contributed by atoms with van der Waals surface area (Å²) in [5, 5.41) is 11.8. The van der Waals surface area contributed by atoms with Crippen molar-refractivity contribution in [1.29, 1.82) is 0 Å². The van der Waals surface area contributed by atoms with Gasteiger partial charge in [-0.25, -0.2) is 4.79 Å². The Kier molecular flexibility index (Phi) is 5.32. The number of esters is 1. The summed E-state index contributed by atoms with van der Waals surface area (Å²) in [4.78, 5) is 22.9. The summed E-state index contributed by atoms with van der Waals surface area (Å²) in [6.45, 7) is 1.63. The van der Waals surface area contributed by atoms with Crippen LogP contribution < -0.4 is 10.1 Å². The fourth-order valence-corrected chi connectivity index (χ4v) is 1.50. The van der Waals surface area contributed by atoms with Crippen molar-refractivity contribution in [3.8, 4) is 5.75 Å². The van der Waals surface area contributed by atoms with E-state index in [1.165, 1.54) is 7.11 Å². The molecule has 2 N–H and O–H groups in total. The first-order valence-electron chi connectivity index (χ1n) is 5.68. The van der Waals surface area contributed by atoms with Gasteiger partial charge in [-0.2, -0.15) is 0 Å². The molecule has 0 aliphatic heterocycles. The van der Waals surface area contributed by atoms with E-state index in [1.807, 2.05) is 13.0 Å². The number of aryl methyl sites for hydroxylation is 1. The first kappa shape index (κ1) is 15.0. The highest BCUT2D eigenvalue weighted by Crippen LogP contribution is 2.19. The predicted octanol–water partition coefficient (Wildman–Crippen LogP) is 0.267. The van der Waals surface area contributed by atoms with Crippen molar-refractivity contribution in [1.82, 2.24) is 5.32 Å². The molecule has 0 fully saturated rings. The van der Waals surface area contributed by atoms with Gasteiger partial charge in [0.2, 0.25) is 0 Å². The number of aliphatic hydroxyl groups excluding tert-OH is 1. The second-order valence-electron chi connectivity index (χ2n) is 3.95. The SMILES string of the molecule is COC(=O)C(O)CNC(=O)c1cc(C)ccc1OC. The second-order valence-corrected chi connectivity index (χ2v) is 3.95. The molecule has 0 aliphatic rings. The van der Waals surface area contributed by atoms with Gasteiger partial charge >= 0.3 is 5.97 Å². The normalized spacial score (nSPS) is 11.6. The lowest BCUT2D eigenvalue weighted by Gasteiger charge is -2.12. The van der Waals surface area contributed by atoms with Crippen LogP contribution in [0.1, 0.15) is 15.9 Å². The Morgan fingerprint density at radius 1 is 1.37 bits per heavy atom. The van der Waals surface area contributed by atoms with E-state index in [4.69, 9.17) is 4.74 Å². The molecular weight excluding hydrogens is 250 g/mol. The van der Waals surface area contributed by atoms with Crippen LogP contribution in [0.2, 0.25) is 0 Å². The second kappa shape index (κ2) is 6.75. The molecule has 19 heavy (non-hydrogen) atoms. The molecule has 1 unspecified atom stereocenters. The maximum atomic E-state index is 11.9. The number of aliphatic hydroxyl groups is 1. The average molecular weight is 267 g/mol. The standard InChI is InChI=1S/C13H17NO5/c1-8-4-5-11(18-2)9(6-8)12(16)14-7-10(15)13(17)19-3/h4-6,10,15H,7H2,1-3H3,(H,14,16). The Labute approximate surface area is 111 Å². The summed E-state index contributed by atoms with van der Waals surface area (Å²) < 4.78 is 9.43. The summed E-state index contributed by atoms with van der Waals surface area (Å²) in [6, 6.07) is 5.17. The summed E-state index contributed by atoms with van der Waals surface area (Å²) in [7, 11) is 2.63. The zero-order valence-electron chi connectivity index (χ0n) is 11.1. The van der Waals surface area contributed by atoms with Crippen molar-refractivity contribution in [2.24, 2.45) is 0 Å². The number of amides is 1. The van der Waals surface area contributed by atoms with Gasteiger partial charge in [-0.3, -0.25) is 4.79 Å². The van der Waals surface area contributed by atoms with E-state index in [0.717, 1.165) is 12.7 Å². The molecule has 0 saturated carbocycles. The van der Waals surface area contributed by atoms with Crippen LogP contribution in [-0.2, 0) is 9.53 Å². The molecule has 0 radical (unpaired) electrons. The highest BCUT2D eigenvalue weighted by molar-refractivity contribution is 5.97. The molecule has 6 heteroatoms. The summed E-state index contributed by atoms with van der Waals surface area (Å²) in [6.07, 6.45) is -1.38. The monoisotopic (exact) mass is 267 g/mol. The molecule has 1 atom stereocenters. The van der Waals surface area contributed by atoms with Crippen LogP contribution in [0.25, 0.3) is 0 Å². The predicted molar refractivity (Wildman–Crippen MR) is 68.1 cm³/mol. The van der Waals surface area contributed by atoms with E-state index < -0.39 is 18.0 Å². The molecule has 104 valence electrons. The van der Waals surface area contributed by atoms with Crippen molar-refractivity contribution in [2.45, 2.75) is 13.0 Å². The summed E-state index contributed by atoms with van der Waals surface area (Å²) in [5.41, 5.74) is 1.25. The minimum Gasteiger partial charge on any atom is -0.496 e. The fraction of sp³-hybridized carbons (Fsp3) is 0.385. The van der Waals surface area contributed by atoms with Gasteiger partial charge in [-0.05, 0) is 19.1 Å². The van der Waals surface area contributed by atoms with Crippen LogP contribution >= 0.6 is 0 Å². The van der Waals surface area contributed by atoms with E-state index in [2.05, 4.69) is 10.1 Å². The van der Waals surface area contributed by atoms with Crippen LogP contribution in [0.3, 0.4) is 0 Å². The fourth-order valence-electron chi connectivity index (χ4n) is 1.50. The molecule has 0 aliphatic carbocycles. The maximum absolute atomic E-state index is 11.9. The lowest BCUT2D eigenvalue weighted by Crippen LogP contribution is -2.37. The third kappa shape index (κ3) is 3.96. The van der Waals surface area contributed by atoms with E-state index >= 15 is 0 Å². The van der Waals surface area contributed by atoms with E-state index in [1.54, 1.807) is 12.1 Å². The minimum absolute atomic E-state index is 0.220. The minimum atomic E-state index is -1.38. The smallest absolute Gasteiger partial charge is 0.336 e. The van der Waals surface area contributed by atoms with Gasteiger partial charge in [0.25, 0.3) is 5.91 Å². The Bertz CT molecular complexity index is 472. The summed E-state index contributed by atoms with van der Waals surface area (Å²) >= 11 is 0. The highest BCUT2D eigenvalue weighted by atomic mass is 16.5. The summed E-state index contributed by atoms with van der Waals surface area (Å²) in [5.74, 6) is -0.796. The number of hydrogen-bond donors (Lipinski definition) is 2. The van der Waals surface area contributed by atoms with Crippen LogP contribution in [-0.4, -0.2) is 43.9 Å². The molecular formula is C13H17NO5. The van der Waals surface area contributed by atoms with Crippen LogP contribution in [0.5, 0.6) is 5.75 Å². The Balaban J connectivity index is 2.73. The molecule has 1 aromatic rings. The molecule has 6 nitrogen and oxygen atoms in total. The topological polar surface area (TPSA) is 84.9 Å². The van der Waals surface area contributed by atoms with E-state index in [0.29, 0.717) is 11.3 Å². The Morgan fingerprint density at radius 2 is 2.05 bits per heavy atom. The lowest BCUT2D eigenvalue weighted by atomic mass is 10.1. The molecule has 1 amide bonds. The highest BCUT2D eigenvalue weighted by Gasteiger charge is 2.18. The molecule has 0 saturated heterocycles. The van der Waals surface area contributed by atoms with E-state index in [9.17, 15) is 14.7 Å². The molecule has 0 bridgehead atoms. The zero-order valence-corrected chi connectivity index (χ0v) is 11.1. The number of ether oxygens (including phenoxy) is 2. The zero-order chi connectivity index (χ0) is 14.4. The average Bonchev–Trinajstić information content (AvgIpc) is 2.43.